The highest BCUT2D eigenvalue weighted by Crippen LogP contribution is 2.34. The Morgan fingerprint density at radius 3 is 2.52 bits per heavy atom. The van der Waals surface area contributed by atoms with Crippen LogP contribution in [0.25, 0.3) is 21.9 Å². The number of thiazole rings is 1. The van der Waals surface area contributed by atoms with Crippen molar-refractivity contribution in [1.29, 1.82) is 0 Å². The van der Waals surface area contributed by atoms with E-state index in [2.05, 4.69) is 10.1 Å². The first-order chi connectivity index (χ1) is 14.1. The van der Waals surface area contributed by atoms with E-state index in [0.717, 1.165) is 22.6 Å². The van der Waals surface area contributed by atoms with Crippen molar-refractivity contribution in [2.24, 2.45) is 0 Å². The molecular formula is C21H16N4O3S. The van der Waals surface area contributed by atoms with E-state index < -0.39 is 0 Å². The number of nitrogens with zero attached hydrogens (tertiary/aromatic N) is 4. The molecule has 1 amide bonds. The van der Waals surface area contributed by atoms with Crippen LogP contribution in [0.2, 0.25) is 0 Å². The summed E-state index contributed by atoms with van der Waals surface area (Å²) < 4.78 is 6.81. The number of carbonyl (C=O) groups is 1. The summed E-state index contributed by atoms with van der Waals surface area (Å²) >= 11 is 1.19. The number of ether oxygens (including phenoxy) is 1. The van der Waals surface area contributed by atoms with E-state index in [1.807, 2.05) is 55.5 Å². The molecule has 0 aliphatic carbocycles. The van der Waals surface area contributed by atoms with Gasteiger partial charge in [-0.2, -0.15) is 9.50 Å². The van der Waals surface area contributed by atoms with Crippen molar-refractivity contribution in [3.05, 3.63) is 69.0 Å². The number of methoxy groups -OCH3 is 1. The second-order valence-electron chi connectivity index (χ2n) is 6.54. The van der Waals surface area contributed by atoms with E-state index in [0.29, 0.717) is 27.4 Å². The summed E-state index contributed by atoms with van der Waals surface area (Å²) in [6.45, 7) is 2.45. The standard InChI is InChI=1S/C21H16N4O3S/c1-3-24-15-7-5-4-6-14(15)16(19(24)26)17-20(27)25-21(29-17)22-18(23-25)12-8-10-13(28-2)11-9-12/h4-11H,3H2,1-2H3/b17-16-. The van der Waals surface area contributed by atoms with E-state index in [-0.39, 0.29) is 11.5 Å². The van der Waals surface area contributed by atoms with Gasteiger partial charge in [-0.25, -0.2) is 0 Å². The maximum absolute atomic E-state index is 13.1. The van der Waals surface area contributed by atoms with Crippen molar-refractivity contribution in [2.45, 2.75) is 6.92 Å². The molecule has 0 N–H and O–H groups in total. The fourth-order valence-corrected chi connectivity index (χ4v) is 4.56. The summed E-state index contributed by atoms with van der Waals surface area (Å²) in [5, 5.41) is 4.37. The molecule has 8 heteroatoms. The largest absolute Gasteiger partial charge is 0.497 e. The lowest BCUT2D eigenvalue weighted by Crippen LogP contribution is -2.32. The number of carbonyl (C=O) groups excluding carboxylic acids is 1. The summed E-state index contributed by atoms with van der Waals surface area (Å²) in [6.07, 6.45) is 0. The number of anilines is 1. The molecular weight excluding hydrogens is 388 g/mol. The summed E-state index contributed by atoms with van der Waals surface area (Å²) in [5.74, 6) is 1.03. The molecule has 29 heavy (non-hydrogen) atoms. The average molecular weight is 404 g/mol. The first-order valence-electron chi connectivity index (χ1n) is 9.12. The lowest BCUT2D eigenvalue weighted by Gasteiger charge is -2.13. The first-order valence-corrected chi connectivity index (χ1v) is 9.93. The lowest BCUT2D eigenvalue weighted by molar-refractivity contribution is -0.113. The Balaban J connectivity index is 1.69. The maximum atomic E-state index is 13.1. The fraction of sp³-hybridized carbons (Fsp3) is 0.143. The molecule has 0 saturated heterocycles. The number of benzene rings is 2. The minimum absolute atomic E-state index is 0.161. The predicted molar refractivity (Wildman–Crippen MR) is 111 cm³/mol. The van der Waals surface area contributed by atoms with Crippen LogP contribution < -0.4 is 19.7 Å². The lowest BCUT2D eigenvalue weighted by atomic mass is 10.1. The second-order valence-corrected chi connectivity index (χ2v) is 7.51. The topological polar surface area (TPSA) is 76.8 Å². The van der Waals surface area contributed by atoms with Gasteiger partial charge < -0.3 is 9.64 Å². The minimum Gasteiger partial charge on any atom is -0.497 e. The molecule has 0 unspecified atom stereocenters. The van der Waals surface area contributed by atoms with Crippen LogP contribution in [0.4, 0.5) is 5.69 Å². The van der Waals surface area contributed by atoms with Crippen molar-refractivity contribution >= 4 is 33.5 Å². The van der Waals surface area contributed by atoms with Crippen LogP contribution in [0.5, 0.6) is 5.75 Å². The number of fused-ring (bicyclic) bond motifs is 2. The smallest absolute Gasteiger partial charge is 0.291 e. The molecule has 7 nitrogen and oxygen atoms in total. The van der Waals surface area contributed by atoms with E-state index in [1.54, 1.807) is 12.0 Å². The third-order valence-electron chi connectivity index (χ3n) is 4.97. The van der Waals surface area contributed by atoms with Crippen LogP contribution in [-0.4, -0.2) is 34.2 Å². The average Bonchev–Trinajstić information content (AvgIpc) is 3.38. The van der Waals surface area contributed by atoms with Crippen molar-refractivity contribution in [3.63, 3.8) is 0 Å². The molecule has 1 aliphatic rings. The predicted octanol–water partition coefficient (Wildman–Crippen LogP) is 2.11. The van der Waals surface area contributed by atoms with Gasteiger partial charge in [0.1, 0.15) is 10.3 Å². The van der Waals surface area contributed by atoms with Crippen LogP contribution in [0.15, 0.2) is 53.3 Å². The highest BCUT2D eigenvalue weighted by atomic mass is 32.1. The highest BCUT2D eigenvalue weighted by molar-refractivity contribution is 7.15. The molecule has 0 radical (unpaired) electrons. The quantitative estimate of drug-likeness (QED) is 0.523. The summed E-state index contributed by atoms with van der Waals surface area (Å²) in [5.41, 5.74) is 2.49. The van der Waals surface area contributed by atoms with Crippen molar-refractivity contribution in [3.8, 4) is 17.1 Å². The number of para-hydroxylation sites is 1. The molecule has 2 aromatic heterocycles. The molecule has 3 heterocycles. The number of hydrogen-bond acceptors (Lipinski definition) is 6. The molecule has 0 atom stereocenters. The number of likely N-dealkylation sites (N-methyl/N-ethyl adjacent to an activating group) is 1. The van der Waals surface area contributed by atoms with E-state index in [4.69, 9.17) is 4.74 Å². The van der Waals surface area contributed by atoms with Gasteiger partial charge >= 0.3 is 0 Å². The van der Waals surface area contributed by atoms with Gasteiger partial charge in [0.05, 0.1) is 18.4 Å². The van der Waals surface area contributed by atoms with Crippen molar-refractivity contribution in [1.82, 2.24) is 14.6 Å². The Labute approximate surface area is 169 Å². The molecule has 0 bridgehead atoms. The Bertz CT molecular complexity index is 1370. The minimum atomic E-state index is -0.326. The van der Waals surface area contributed by atoms with Gasteiger partial charge in [0.15, 0.2) is 5.82 Å². The SMILES string of the molecule is CCN1C(=O)/C(=c2\sc3nc(-c4ccc(OC)cc4)nn3c2=O)c2ccccc21. The highest BCUT2D eigenvalue weighted by Gasteiger charge is 2.33. The third kappa shape index (κ3) is 2.56. The molecule has 0 saturated carbocycles. The molecule has 0 spiro atoms. The van der Waals surface area contributed by atoms with Crippen LogP contribution >= 0.6 is 11.3 Å². The van der Waals surface area contributed by atoms with Gasteiger partial charge in [0, 0.05) is 17.7 Å². The van der Waals surface area contributed by atoms with Gasteiger partial charge in [0.25, 0.3) is 11.5 Å². The molecule has 1 aliphatic heterocycles. The summed E-state index contributed by atoms with van der Waals surface area (Å²) in [6, 6.07) is 14.8. The Kier molecular flexibility index (Phi) is 3.95. The summed E-state index contributed by atoms with van der Waals surface area (Å²) in [7, 11) is 1.60. The maximum Gasteiger partial charge on any atom is 0.291 e. The Morgan fingerprint density at radius 2 is 1.83 bits per heavy atom. The number of rotatable bonds is 3. The van der Waals surface area contributed by atoms with Crippen molar-refractivity contribution in [2.75, 3.05) is 18.6 Å². The molecule has 0 fully saturated rings. The zero-order chi connectivity index (χ0) is 20.1. The van der Waals surface area contributed by atoms with Crippen LogP contribution in [0.3, 0.4) is 0 Å². The number of hydrogen-bond donors (Lipinski definition) is 0. The Hall–Kier alpha value is -3.52. The van der Waals surface area contributed by atoms with E-state index in [1.165, 1.54) is 15.9 Å². The molecule has 5 rings (SSSR count). The molecule has 144 valence electrons. The van der Waals surface area contributed by atoms with Gasteiger partial charge in [0.2, 0.25) is 4.96 Å². The molecule has 4 aromatic rings. The van der Waals surface area contributed by atoms with Crippen LogP contribution in [-0.2, 0) is 4.79 Å². The summed E-state index contributed by atoms with van der Waals surface area (Å²) in [4.78, 5) is 32.7. The Morgan fingerprint density at radius 1 is 1.07 bits per heavy atom. The zero-order valence-electron chi connectivity index (χ0n) is 15.7. The zero-order valence-corrected chi connectivity index (χ0v) is 16.6. The number of aromatic nitrogens is 3. The van der Waals surface area contributed by atoms with Crippen molar-refractivity contribution < 1.29 is 9.53 Å². The first kappa shape index (κ1) is 17.6. The normalized spacial score (nSPS) is 15.2. The fourth-order valence-electron chi connectivity index (χ4n) is 3.56. The van der Waals surface area contributed by atoms with Crippen LogP contribution in [0.1, 0.15) is 12.5 Å². The van der Waals surface area contributed by atoms with Crippen LogP contribution in [0, 0.1) is 0 Å². The van der Waals surface area contributed by atoms with Gasteiger partial charge in [-0.1, -0.05) is 29.5 Å². The monoisotopic (exact) mass is 404 g/mol. The third-order valence-corrected chi connectivity index (χ3v) is 6.00. The number of amides is 1. The van der Waals surface area contributed by atoms with E-state index >= 15 is 0 Å². The van der Waals surface area contributed by atoms with E-state index in [9.17, 15) is 9.59 Å². The second kappa shape index (κ2) is 6.52. The molecule has 2 aromatic carbocycles. The van der Waals surface area contributed by atoms with Gasteiger partial charge in [-0.15, -0.1) is 5.10 Å². The van der Waals surface area contributed by atoms with Gasteiger partial charge in [-0.05, 0) is 37.3 Å². The van der Waals surface area contributed by atoms with Gasteiger partial charge in [-0.3, -0.25) is 9.59 Å².